The molecule has 0 fully saturated rings. The Morgan fingerprint density at radius 1 is 1.15 bits per heavy atom. The Labute approximate surface area is 161 Å². The van der Waals surface area contributed by atoms with Gasteiger partial charge in [-0.1, -0.05) is 58.4 Å². The number of carbonyl (C=O) groups excluding carboxylic acids is 1. The minimum absolute atomic E-state index is 0.0110. The monoisotopic (exact) mass is 388 g/mol. The van der Waals surface area contributed by atoms with Crippen LogP contribution in [0.1, 0.15) is 64.7 Å². The lowest BCUT2D eigenvalue weighted by Crippen LogP contribution is -2.40. The average Bonchev–Trinajstić information content (AvgIpc) is 2.55. The molecule has 152 valence electrons. The fourth-order valence-corrected chi connectivity index (χ4v) is 4.12. The van der Waals surface area contributed by atoms with Gasteiger partial charge in [-0.3, -0.25) is 0 Å². The van der Waals surface area contributed by atoms with Crippen LogP contribution in [0.15, 0.2) is 12.7 Å². The maximum atomic E-state index is 12.4. The van der Waals surface area contributed by atoms with Crippen molar-refractivity contribution >= 4 is 19.2 Å². The number of aliphatic hydroxyl groups excluding tert-OH is 1. The maximum absolute atomic E-state index is 12.4. The number of rotatable bonds is 15. The van der Waals surface area contributed by atoms with Crippen LogP contribution >= 0.6 is 7.77 Å². The van der Waals surface area contributed by atoms with Crippen molar-refractivity contribution in [3.63, 3.8) is 0 Å². The molecule has 0 aliphatic rings. The van der Waals surface area contributed by atoms with Crippen LogP contribution in [0.2, 0.25) is 0 Å². The first-order valence-corrected chi connectivity index (χ1v) is 11.3. The molecule has 26 heavy (non-hydrogen) atoms. The summed E-state index contributed by atoms with van der Waals surface area (Å²) >= 11 is 0. The summed E-state index contributed by atoms with van der Waals surface area (Å²) in [6.07, 6.45) is 11.1. The molecular weight excluding hydrogens is 349 g/mol. The molecule has 5 nitrogen and oxygen atoms in total. The van der Waals surface area contributed by atoms with Crippen molar-refractivity contribution in [1.82, 2.24) is 0 Å². The largest absolute Gasteiger partial charge is 0.628 e. The van der Waals surface area contributed by atoms with Gasteiger partial charge in [0.1, 0.15) is 12.3 Å². The van der Waals surface area contributed by atoms with Crippen molar-refractivity contribution in [3.05, 3.63) is 12.7 Å². The summed E-state index contributed by atoms with van der Waals surface area (Å²) in [5.74, 6) is -0.496. The fraction of sp³-hybridized carbons (Fsp3) is 0.800. The van der Waals surface area contributed by atoms with Crippen LogP contribution in [0.25, 0.3) is 0 Å². The fourth-order valence-electron chi connectivity index (χ4n) is 2.70. The zero-order valence-corrected chi connectivity index (χ0v) is 18.1. The van der Waals surface area contributed by atoms with Gasteiger partial charge >= 0.3 is 5.97 Å². The second-order valence-electron chi connectivity index (χ2n) is 7.95. The second kappa shape index (κ2) is 14.3. The van der Waals surface area contributed by atoms with Crippen molar-refractivity contribution in [2.75, 3.05) is 33.8 Å². The summed E-state index contributed by atoms with van der Waals surface area (Å²) in [4.78, 5) is 23.9. The number of hydrogen-bond donors (Lipinski definition) is 1. The number of esters is 1. The average molecular weight is 389 g/mol. The quantitative estimate of drug-likeness (QED) is 0.153. The third kappa shape index (κ3) is 14.4. The molecule has 0 saturated heterocycles. The first-order chi connectivity index (χ1) is 12.2. The summed E-state index contributed by atoms with van der Waals surface area (Å²) in [5, 5.41) is 10.1. The minimum Gasteiger partial charge on any atom is -0.628 e. The summed E-state index contributed by atoms with van der Waals surface area (Å²) in [5.41, 5.74) is -0.0110. The van der Waals surface area contributed by atoms with E-state index in [4.69, 9.17) is 4.74 Å². The third-order valence-corrected chi connectivity index (χ3v) is 5.56. The van der Waals surface area contributed by atoms with Crippen LogP contribution in [0.4, 0.5) is 0 Å². The van der Waals surface area contributed by atoms with E-state index in [0.29, 0.717) is 17.4 Å². The number of unbranched alkanes of at least 4 members (excludes halogenated alkanes) is 7. The molecule has 0 saturated carbocycles. The van der Waals surface area contributed by atoms with Gasteiger partial charge in [-0.15, -0.1) is 0 Å². The van der Waals surface area contributed by atoms with Gasteiger partial charge in [-0.05, 0) is 12.8 Å². The number of quaternary nitrogens is 1. The highest BCUT2D eigenvalue weighted by Gasteiger charge is 2.22. The van der Waals surface area contributed by atoms with Crippen LogP contribution in [0, 0.1) is 0 Å². The number of likely N-dealkylation sites (N-methyl/N-ethyl adjacent to an activating group) is 1. The predicted molar refractivity (Wildman–Crippen MR) is 109 cm³/mol. The van der Waals surface area contributed by atoms with Crippen LogP contribution in [0.5, 0.6) is 0 Å². The van der Waals surface area contributed by atoms with E-state index >= 15 is 0 Å². The second-order valence-corrected chi connectivity index (χ2v) is 9.59. The molecule has 0 bridgehead atoms. The van der Waals surface area contributed by atoms with E-state index in [1.165, 1.54) is 38.5 Å². The van der Waals surface area contributed by atoms with E-state index in [2.05, 4.69) is 13.5 Å². The Balaban J connectivity index is 4.42. The Morgan fingerprint density at radius 3 is 2.19 bits per heavy atom. The first kappa shape index (κ1) is 25.3. The molecular formula is C20H39NO4P+. The molecule has 0 aromatic carbocycles. The predicted octanol–water partition coefficient (Wildman–Crippen LogP) is 3.58. The zero-order valence-electron chi connectivity index (χ0n) is 17.2. The van der Waals surface area contributed by atoms with Gasteiger partial charge in [0, 0.05) is 6.08 Å². The van der Waals surface area contributed by atoms with E-state index in [1.54, 1.807) is 0 Å². The maximum Gasteiger partial charge on any atom is 0.330 e. The van der Waals surface area contributed by atoms with Gasteiger partial charge in [0.15, 0.2) is 6.54 Å². The highest BCUT2D eigenvalue weighted by atomic mass is 31.1. The minimum atomic E-state index is -1.92. The van der Waals surface area contributed by atoms with Crippen molar-refractivity contribution in [1.29, 1.82) is 0 Å². The molecule has 2 unspecified atom stereocenters. The molecule has 0 rings (SSSR count). The van der Waals surface area contributed by atoms with Crippen LogP contribution in [-0.4, -0.2) is 61.0 Å². The molecule has 2 atom stereocenters. The lowest BCUT2D eigenvalue weighted by Gasteiger charge is -2.22. The zero-order chi connectivity index (χ0) is 20.0. The third-order valence-electron chi connectivity index (χ3n) is 4.10. The highest BCUT2D eigenvalue weighted by molar-refractivity contribution is 7.51. The molecule has 0 aromatic rings. The summed E-state index contributed by atoms with van der Waals surface area (Å²) < 4.78 is 5.84. The summed E-state index contributed by atoms with van der Waals surface area (Å²) in [7, 11) is 3.86. The SMILES string of the molecule is C=CC(=O)OC(CCCCCCCCCC)C/[P+]([O-])=C(\O)C[N+](C)(C)C. The van der Waals surface area contributed by atoms with Gasteiger partial charge in [0.2, 0.25) is 0 Å². The molecule has 0 aliphatic carbocycles. The van der Waals surface area contributed by atoms with Gasteiger partial charge in [-0.25, -0.2) is 4.79 Å². The molecule has 6 heteroatoms. The molecule has 0 amide bonds. The van der Waals surface area contributed by atoms with Gasteiger partial charge in [-0.2, -0.15) is 0 Å². The van der Waals surface area contributed by atoms with Crippen molar-refractivity contribution < 1.29 is 24.0 Å². The normalized spacial score (nSPS) is 13.9. The van der Waals surface area contributed by atoms with Gasteiger partial charge in [0.25, 0.3) is 5.48 Å². The Bertz CT molecular complexity index is 444. The number of aliphatic hydroxyl groups is 1. The molecule has 0 spiro atoms. The van der Waals surface area contributed by atoms with E-state index in [0.717, 1.165) is 18.9 Å². The number of hydrogen-bond acceptors (Lipinski definition) is 3. The topological polar surface area (TPSA) is 69.6 Å². The van der Waals surface area contributed by atoms with Crippen LogP contribution in [-0.2, 0) is 9.53 Å². The first-order valence-electron chi connectivity index (χ1n) is 9.82. The summed E-state index contributed by atoms with van der Waals surface area (Å²) in [6.45, 7) is 5.96. The molecule has 0 aliphatic heterocycles. The molecule has 1 N–H and O–H groups in total. The summed E-state index contributed by atoms with van der Waals surface area (Å²) in [6, 6.07) is 0. The number of carbonyl (C=O) groups is 1. The molecule has 0 radical (unpaired) electrons. The number of ether oxygens (including phenoxy) is 1. The van der Waals surface area contributed by atoms with Crippen molar-refractivity contribution in [2.24, 2.45) is 0 Å². The molecule has 0 aromatic heterocycles. The Hall–Kier alpha value is -0.740. The molecule has 0 heterocycles. The van der Waals surface area contributed by atoms with Crippen LogP contribution in [0.3, 0.4) is 0 Å². The van der Waals surface area contributed by atoms with E-state index in [1.807, 2.05) is 21.1 Å². The lowest BCUT2D eigenvalue weighted by atomic mass is 10.1. The van der Waals surface area contributed by atoms with Gasteiger partial charge < -0.3 is 19.2 Å². The van der Waals surface area contributed by atoms with Gasteiger partial charge in [0.05, 0.1) is 28.9 Å². The van der Waals surface area contributed by atoms with Crippen molar-refractivity contribution in [3.8, 4) is 0 Å². The van der Waals surface area contributed by atoms with E-state index in [-0.39, 0.29) is 11.6 Å². The van der Waals surface area contributed by atoms with E-state index in [9.17, 15) is 14.8 Å². The highest BCUT2D eigenvalue weighted by Crippen LogP contribution is 2.21. The van der Waals surface area contributed by atoms with E-state index < -0.39 is 19.8 Å². The Kier molecular flexibility index (Phi) is 13.9. The smallest absolute Gasteiger partial charge is 0.330 e. The van der Waals surface area contributed by atoms with Crippen LogP contribution < -0.4 is 4.89 Å². The number of nitrogens with zero attached hydrogens (tertiary/aromatic N) is 1. The Morgan fingerprint density at radius 2 is 1.69 bits per heavy atom. The standard InChI is InChI=1S/C20H38NO4P/c1-6-8-9-10-11-12-13-14-15-18(25-19(22)7-2)17-26(24)20(23)16-21(3,4)5/h7,18H,2,6,8-17H2,1,3-5H3/p+1. The lowest BCUT2D eigenvalue weighted by molar-refractivity contribution is -0.861. The van der Waals surface area contributed by atoms with Crippen molar-refractivity contribution in [2.45, 2.75) is 70.8 Å².